The lowest BCUT2D eigenvalue weighted by molar-refractivity contribution is -0.0132. The third kappa shape index (κ3) is 4.26. The maximum absolute atomic E-state index is 11.5. The summed E-state index contributed by atoms with van der Waals surface area (Å²) in [5.41, 5.74) is 4.39. The molecule has 5 heteroatoms. The average Bonchev–Trinajstić information content (AvgIpc) is 2.68. The third-order valence-electron chi connectivity index (χ3n) is 6.17. The molecule has 0 saturated carbocycles. The Morgan fingerprint density at radius 2 is 1.68 bits per heavy atom. The van der Waals surface area contributed by atoms with Crippen molar-refractivity contribution in [2.45, 2.75) is 44.0 Å². The maximum Gasteiger partial charge on any atom is 0.151 e. The zero-order valence-corrected chi connectivity index (χ0v) is 17.6. The van der Waals surface area contributed by atoms with Crippen LogP contribution in [0.2, 0.25) is 0 Å². The summed E-state index contributed by atoms with van der Waals surface area (Å²) < 4.78 is 29.4. The van der Waals surface area contributed by atoms with Crippen molar-refractivity contribution in [3.05, 3.63) is 53.6 Å². The van der Waals surface area contributed by atoms with Gasteiger partial charge in [-0.15, -0.1) is 0 Å². The molecule has 4 nitrogen and oxygen atoms in total. The highest BCUT2D eigenvalue weighted by Gasteiger charge is 2.39. The molecular weight excluding hydrogens is 370 g/mol. The lowest BCUT2D eigenvalue weighted by atomic mass is 9.82. The molecule has 0 aliphatic carbocycles. The molecule has 150 valence electrons. The third-order valence-corrected chi connectivity index (χ3v) is 7.03. The molecule has 28 heavy (non-hydrogen) atoms. The SMILES string of the molecule is CCN1CCC2(CCc3cc(-c4ccc(CS(C)(=O)=O)cc4)ccc3O2)CC1. The van der Waals surface area contributed by atoms with Crippen LogP contribution in [0, 0.1) is 0 Å². The van der Waals surface area contributed by atoms with Crippen molar-refractivity contribution < 1.29 is 13.2 Å². The van der Waals surface area contributed by atoms with Gasteiger partial charge in [-0.25, -0.2) is 8.42 Å². The molecule has 0 bridgehead atoms. The van der Waals surface area contributed by atoms with Crippen LogP contribution in [0.1, 0.15) is 37.3 Å². The minimum absolute atomic E-state index is 0.0213. The number of hydrogen-bond donors (Lipinski definition) is 0. The van der Waals surface area contributed by atoms with E-state index in [1.165, 1.54) is 11.8 Å². The van der Waals surface area contributed by atoms with Gasteiger partial charge in [-0.05, 0) is 66.6 Å². The Morgan fingerprint density at radius 3 is 2.32 bits per heavy atom. The summed E-state index contributed by atoms with van der Waals surface area (Å²) >= 11 is 0. The number of likely N-dealkylation sites (tertiary alicyclic amines) is 1. The van der Waals surface area contributed by atoms with Crippen LogP contribution >= 0.6 is 0 Å². The predicted molar refractivity (Wildman–Crippen MR) is 113 cm³/mol. The summed E-state index contributed by atoms with van der Waals surface area (Å²) in [6, 6.07) is 14.3. The van der Waals surface area contributed by atoms with Crippen molar-refractivity contribution >= 4 is 9.84 Å². The van der Waals surface area contributed by atoms with Crippen molar-refractivity contribution in [2.24, 2.45) is 0 Å². The van der Waals surface area contributed by atoms with Gasteiger partial charge in [0.05, 0.1) is 5.75 Å². The van der Waals surface area contributed by atoms with Crippen LogP contribution < -0.4 is 4.74 Å². The van der Waals surface area contributed by atoms with Gasteiger partial charge in [-0.1, -0.05) is 37.3 Å². The monoisotopic (exact) mass is 399 g/mol. The largest absolute Gasteiger partial charge is 0.487 e. The molecule has 2 aromatic carbocycles. The van der Waals surface area contributed by atoms with E-state index in [9.17, 15) is 8.42 Å². The molecule has 2 aliphatic heterocycles. The molecule has 0 aromatic heterocycles. The smallest absolute Gasteiger partial charge is 0.151 e. The Kier molecular flexibility index (Phi) is 5.23. The fourth-order valence-corrected chi connectivity index (χ4v) is 5.22. The van der Waals surface area contributed by atoms with Crippen molar-refractivity contribution in [3.8, 4) is 16.9 Å². The zero-order valence-electron chi connectivity index (χ0n) is 16.8. The molecule has 1 spiro atoms. The van der Waals surface area contributed by atoms with Gasteiger partial charge in [0, 0.05) is 19.3 Å². The van der Waals surface area contributed by atoms with E-state index in [-0.39, 0.29) is 11.4 Å². The van der Waals surface area contributed by atoms with Gasteiger partial charge in [-0.2, -0.15) is 0 Å². The molecular formula is C23H29NO3S. The summed E-state index contributed by atoms with van der Waals surface area (Å²) in [5.74, 6) is 1.12. The van der Waals surface area contributed by atoms with E-state index in [2.05, 4.69) is 30.0 Å². The van der Waals surface area contributed by atoms with Gasteiger partial charge in [0.2, 0.25) is 0 Å². The standard InChI is InChI=1S/C23H29NO3S/c1-3-24-14-12-23(13-15-24)11-10-21-16-20(8-9-22(21)27-23)19-6-4-18(5-7-19)17-28(2,25)26/h4-9,16H,3,10-15,17H2,1-2H3. The van der Waals surface area contributed by atoms with Crippen LogP contribution in [-0.4, -0.2) is 44.8 Å². The molecule has 0 N–H and O–H groups in total. The molecule has 0 amide bonds. The fraction of sp³-hybridized carbons (Fsp3) is 0.478. The first-order valence-corrected chi connectivity index (χ1v) is 12.2. The predicted octanol–water partition coefficient (Wildman–Crippen LogP) is 4.08. The molecule has 2 aromatic rings. The Balaban J connectivity index is 1.50. The first-order chi connectivity index (χ1) is 13.4. The van der Waals surface area contributed by atoms with E-state index >= 15 is 0 Å². The number of sulfone groups is 1. The number of aryl methyl sites for hydroxylation is 1. The number of piperidine rings is 1. The summed E-state index contributed by atoms with van der Waals surface area (Å²) in [6.07, 6.45) is 5.65. The fourth-order valence-electron chi connectivity index (χ4n) is 4.43. The summed E-state index contributed by atoms with van der Waals surface area (Å²) in [4.78, 5) is 2.50. The van der Waals surface area contributed by atoms with Crippen LogP contribution in [0.25, 0.3) is 11.1 Å². The van der Waals surface area contributed by atoms with Crippen LogP contribution in [0.5, 0.6) is 5.75 Å². The van der Waals surface area contributed by atoms with E-state index < -0.39 is 9.84 Å². The molecule has 1 fully saturated rings. The van der Waals surface area contributed by atoms with Gasteiger partial charge >= 0.3 is 0 Å². The maximum atomic E-state index is 11.5. The molecule has 2 aliphatic rings. The lowest BCUT2D eigenvalue weighted by Crippen LogP contribution is -2.49. The highest BCUT2D eigenvalue weighted by Crippen LogP contribution is 2.40. The lowest BCUT2D eigenvalue weighted by Gasteiger charge is -2.44. The first-order valence-electron chi connectivity index (χ1n) is 10.2. The quantitative estimate of drug-likeness (QED) is 0.777. The molecule has 4 rings (SSSR count). The molecule has 0 radical (unpaired) electrons. The summed E-state index contributed by atoms with van der Waals surface area (Å²) in [7, 11) is -3.01. The van der Waals surface area contributed by atoms with Crippen LogP contribution in [0.3, 0.4) is 0 Å². The summed E-state index contributed by atoms with van der Waals surface area (Å²) in [6.45, 7) is 5.61. The van der Waals surface area contributed by atoms with E-state index in [0.717, 1.165) is 67.8 Å². The molecule has 2 heterocycles. The molecule has 0 unspecified atom stereocenters. The van der Waals surface area contributed by atoms with Crippen molar-refractivity contribution in [2.75, 3.05) is 25.9 Å². The summed E-state index contributed by atoms with van der Waals surface area (Å²) in [5, 5.41) is 0. The number of hydrogen-bond acceptors (Lipinski definition) is 4. The van der Waals surface area contributed by atoms with Crippen LogP contribution in [-0.2, 0) is 22.0 Å². The number of benzene rings is 2. The Bertz CT molecular complexity index is 942. The topological polar surface area (TPSA) is 46.6 Å². The average molecular weight is 400 g/mol. The van der Waals surface area contributed by atoms with Gasteiger partial charge in [-0.3, -0.25) is 0 Å². The van der Waals surface area contributed by atoms with Gasteiger partial charge in [0.25, 0.3) is 0 Å². The number of nitrogens with zero attached hydrogens (tertiary/aromatic N) is 1. The van der Waals surface area contributed by atoms with E-state index in [1.54, 1.807) is 0 Å². The van der Waals surface area contributed by atoms with Crippen LogP contribution in [0.15, 0.2) is 42.5 Å². The van der Waals surface area contributed by atoms with Crippen molar-refractivity contribution in [3.63, 3.8) is 0 Å². The second kappa shape index (κ2) is 7.53. The number of rotatable bonds is 4. The highest BCUT2D eigenvalue weighted by molar-refractivity contribution is 7.89. The van der Waals surface area contributed by atoms with E-state index in [1.807, 2.05) is 24.3 Å². The van der Waals surface area contributed by atoms with Gasteiger partial charge in [0.1, 0.15) is 11.4 Å². The zero-order chi connectivity index (χ0) is 19.8. The Labute approximate surface area is 168 Å². The minimum Gasteiger partial charge on any atom is -0.487 e. The molecule has 0 atom stereocenters. The Hall–Kier alpha value is -1.85. The van der Waals surface area contributed by atoms with E-state index in [4.69, 9.17) is 4.74 Å². The number of fused-ring (bicyclic) bond motifs is 1. The molecule has 1 saturated heterocycles. The highest BCUT2D eigenvalue weighted by atomic mass is 32.2. The second-order valence-corrected chi connectivity index (χ2v) is 10.4. The van der Waals surface area contributed by atoms with Gasteiger partial charge < -0.3 is 9.64 Å². The van der Waals surface area contributed by atoms with Crippen molar-refractivity contribution in [1.82, 2.24) is 4.90 Å². The van der Waals surface area contributed by atoms with E-state index in [0.29, 0.717) is 0 Å². The second-order valence-electron chi connectivity index (χ2n) is 8.31. The van der Waals surface area contributed by atoms with Gasteiger partial charge in [0.15, 0.2) is 9.84 Å². The van der Waals surface area contributed by atoms with Crippen molar-refractivity contribution in [1.29, 1.82) is 0 Å². The number of ether oxygens (including phenoxy) is 1. The minimum atomic E-state index is -3.01. The normalized spacial score (nSPS) is 19.2. The van der Waals surface area contributed by atoms with Crippen LogP contribution in [0.4, 0.5) is 0 Å². The first kappa shape index (κ1) is 19.5. The Morgan fingerprint density at radius 1 is 1.00 bits per heavy atom.